The third-order valence-corrected chi connectivity index (χ3v) is 5.01. The van der Waals surface area contributed by atoms with Crippen LogP contribution in [0.1, 0.15) is 27.2 Å². The number of ether oxygens (including phenoxy) is 1. The lowest BCUT2D eigenvalue weighted by molar-refractivity contribution is -0.116. The summed E-state index contributed by atoms with van der Waals surface area (Å²) in [5.74, 6) is -0.622. The second-order valence-corrected chi connectivity index (χ2v) is 7.05. The summed E-state index contributed by atoms with van der Waals surface area (Å²) in [4.78, 5) is 24.6. The smallest absolute Gasteiger partial charge is 0.354 e. The molecule has 3 rings (SSSR count). The molecule has 5 nitrogen and oxygen atoms in total. The van der Waals surface area contributed by atoms with Gasteiger partial charge in [-0.15, -0.1) is 11.3 Å². The summed E-state index contributed by atoms with van der Waals surface area (Å²) in [7, 11) is 1.34. The van der Waals surface area contributed by atoms with E-state index < -0.39 is 5.97 Å². The highest BCUT2D eigenvalue weighted by atomic mass is 32.1. The molecular formula is C19H20N2O3S. The number of amides is 1. The van der Waals surface area contributed by atoms with Crippen LogP contribution < -0.4 is 5.32 Å². The number of rotatable bonds is 4. The van der Waals surface area contributed by atoms with Crippen LogP contribution in [0.2, 0.25) is 0 Å². The second-order valence-electron chi connectivity index (χ2n) is 6.10. The van der Waals surface area contributed by atoms with E-state index >= 15 is 0 Å². The average Bonchev–Trinajstić information content (AvgIpc) is 3.13. The van der Waals surface area contributed by atoms with Crippen molar-refractivity contribution in [1.29, 1.82) is 0 Å². The van der Waals surface area contributed by atoms with Crippen LogP contribution in [0.5, 0.6) is 0 Å². The van der Waals surface area contributed by atoms with Gasteiger partial charge in [0.1, 0.15) is 12.2 Å². The van der Waals surface area contributed by atoms with Gasteiger partial charge in [-0.1, -0.05) is 17.7 Å². The van der Waals surface area contributed by atoms with Crippen molar-refractivity contribution in [3.8, 4) is 0 Å². The number of methoxy groups -OCH3 is 1. The molecule has 0 aliphatic rings. The van der Waals surface area contributed by atoms with E-state index in [-0.39, 0.29) is 12.5 Å². The lowest BCUT2D eigenvalue weighted by Crippen LogP contribution is -2.22. The van der Waals surface area contributed by atoms with Crippen LogP contribution in [0.3, 0.4) is 0 Å². The van der Waals surface area contributed by atoms with Crippen LogP contribution in [0.4, 0.5) is 5.69 Å². The second kappa shape index (κ2) is 6.72. The Bertz CT molecular complexity index is 945. The Labute approximate surface area is 150 Å². The Morgan fingerprint density at radius 2 is 1.84 bits per heavy atom. The maximum atomic E-state index is 12.6. The molecule has 0 atom stereocenters. The van der Waals surface area contributed by atoms with Gasteiger partial charge in [0.2, 0.25) is 5.91 Å². The summed E-state index contributed by atoms with van der Waals surface area (Å²) in [6.07, 6.45) is 0. The third kappa shape index (κ3) is 3.30. The fourth-order valence-electron chi connectivity index (χ4n) is 3.12. The number of fused-ring (bicyclic) bond motifs is 1. The molecule has 2 heterocycles. The van der Waals surface area contributed by atoms with Gasteiger partial charge < -0.3 is 14.6 Å². The summed E-state index contributed by atoms with van der Waals surface area (Å²) >= 11 is 1.53. The number of carbonyl (C=O) groups excluding carboxylic acids is 2. The Hall–Kier alpha value is -2.60. The topological polar surface area (TPSA) is 60.3 Å². The van der Waals surface area contributed by atoms with Crippen molar-refractivity contribution < 1.29 is 14.3 Å². The Kier molecular flexibility index (Phi) is 4.63. The zero-order valence-electron chi connectivity index (χ0n) is 14.7. The highest BCUT2D eigenvalue weighted by Gasteiger charge is 2.19. The monoisotopic (exact) mass is 356 g/mol. The maximum absolute atomic E-state index is 12.6. The first-order chi connectivity index (χ1) is 11.9. The van der Waals surface area contributed by atoms with Crippen molar-refractivity contribution in [2.75, 3.05) is 12.4 Å². The lowest BCUT2D eigenvalue weighted by Gasteiger charge is -2.14. The standard InChI is InChI=1S/C19H20N2O3S/c1-11-7-12(2)18(13(3)8-11)20-17(22)10-21-14-5-6-25-16(14)9-15(21)19(23)24-4/h5-9H,10H2,1-4H3,(H,20,22). The number of thiophene rings is 1. The summed E-state index contributed by atoms with van der Waals surface area (Å²) < 4.78 is 7.50. The summed E-state index contributed by atoms with van der Waals surface area (Å²) in [6, 6.07) is 7.74. The Morgan fingerprint density at radius 1 is 1.16 bits per heavy atom. The number of hydrogen-bond acceptors (Lipinski definition) is 4. The number of esters is 1. The summed E-state index contributed by atoms with van der Waals surface area (Å²) in [5, 5.41) is 4.92. The molecule has 0 saturated carbocycles. The highest BCUT2D eigenvalue weighted by Crippen LogP contribution is 2.26. The quantitative estimate of drug-likeness (QED) is 0.717. The Balaban J connectivity index is 1.90. The van der Waals surface area contributed by atoms with Crippen molar-refractivity contribution in [3.63, 3.8) is 0 Å². The molecule has 1 aromatic carbocycles. The van der Waals surface area contributed by atoms with Crippen molar-refractivity contribution in [1.82, 2.24) is 4.57 Å². The summed E-state index contributed by atoms with van der Waals surface area (Å²) in [6.45, 7) is 6.03. The van der Waals surface area contributed by atoms with Gasteiger partial charge in [-0.3, -0.25) is 4.79 Å². The molecule has 130 valence electrons. The molecule has 0 fully saturated rings. The van der Waals surface area contributed by atoms with Crippen molar-refractivity contribution >= 4 is 39.1 Å². The first-order valence-corrected chi connectivity index (χ1v) is 8.81. The Morgan fingerprint density at radius 3 is 2.48 bits per heavy atom. The number of nitrogens with zero attached hydrogens (tertiary/aromatic N) is 1. The minimum Gasteiger partial charge on any atom is -0.464 e. The molecule has 1 amide bonds. The van der Waals surface area contributed by atoms with Gasteiger partial charge in [0.05, 0.1) is 17.3 Å². The van der Waals surface area contributed by atoms with Gasteiger partial charge in [0.15, 0.2) is 0 Å². The fourth-order valence-corrected chi connectivity index (χ4v) is 3.94. The maximum Gasteiger partial charge on any atom is 0.354 e. The van der Waals surface area contributed by atoms with Crippen molar-refractivity contribution in [2.24, 2.45) is 0 Å². The zero-order chi connectivity index (χ0) is 18.1. The molecule has 1 N–H and O–H groups in total. The molecule has 3 aromatic rings. The van der Waals surface area contributed by atoms with Gasteiger partial charge >= 0.3 is 5.97 Å². The zero-order valence-corrected chi connectivity index (χ0v) is 15.5. The first-order valence-electron chi connectivity index (χ1n) is 7.93. The van der Waals surface area contributed by atoms with E-state index in [1.54, 1.807) is 10.6 Å². The van der Waals surface area contributed by atoms with Crippen molar-refractivity contribution in [3.05, 3.63) is 52.0 Å². The molecule has 0 aliphatic carbocycles. The molecule has 0 unspecified atom stereocenters. The van der Waals surface area contributed by atoms with Crippen LogP contribution in [0.15, 0.2) is 29.6 Å². The number of hydrogen-bond donors (Lipinski definition) is 1. The largest absolute Gasteiger partial charge is 0.464 e. The van der Waals surface area contributed by atoms with E-state index in [4.69, 9.17) is 4.74 Å². The van der Waals surface area contributed by atoms with Gasteiger partial charge in [-0.2, -0.15) is 0 Å². The summed E-state index contributed by atoms with van der Waals surface area (Å²) in [5.41, 5.74) is 5.27. The fraction of sp³-hybridized carbons (Fsp3) is 0.263. The number of aryl methyl sites for hydroxylation is 3. The van der Waals surface area contributed by atoms with Gasteiger partial charge in [-0.05, 0) is 49.4 Å². The van der Waals surface area contributed by atoms with Gasteiger partial charge in [0.25, 0.3) is 0 Å². The number of carbonyl (C=O) groups is 2. The van der Waals surface area contributed by atoms with E-state index in [1.807, 2.05) is 44.4 Å². The van der Waals surface area contributed by atoms with Gasteiger partial charge in [0, 0.05) is 5.69 Å². The third-order valence-electron chi connectivity index (χ3n) is 4.16. The molecule has 0 bridgehead atoms. The number of nitrogens with one attached hydrogen (secondary N) is 1. The number of anilines is 1. The predicted molar refractivity (Wildman–Crippen MR) is 100 cm³/mol. The molecule has 2 aromatic heterocycles. The van der Waals surface area contributed by atoms with E-state index in [0.29, 0.717) is 5.69 Å². The number of aromatic nitrogens is 1. The molecule has 25 heavy (non-hydrogen) atoms. The van der Waals surface area contributed by atoms with Crippen LogP contribution in [-0.2, 0) is 16.1 Å². The molecule has 0 spiro atoms. The molecular weight excluding hydrogens is 336 g/mol. The van der Waals surface area contributed by atoms with E-state index in [0.717, 1.165) is 32.6 Å². The van der Waals surface area contributed by atoms with Crippen LogP contribution >= 0.6 is 11.3 Å². The normalized spacial score (nSPS) is 10.9. The van der Waals surface area contributed by atoms with E-state index in [2.05, 4.69) is 5.32 Å². The van der Waals surface area contributed by atoms with E-state index in [9.17, 15) is 9.59 Å². The SMILES string of the molecule is COC(=O)c1cc2sccc2n1CC(=O)Nc1c(C)cc(C)cc1C. The first kappa shape index (κ1) is 17.2. The highest BCUT2D eigenvalue weighted by molar-refractivity contribution is 7.17. The minimum atomic E-state index is -0.445. The van der Waals surface area contributed by atoms with Gasteiger partial charge in [-0.25, -0.2) is 4.79 Å². The minimum absolute atomic E-state index is 0.0530. The van der Waals surface area contributed by atoms with Crippen molar-refractivity contribution in [2.45, 2.75) is 27.3 Å². The predicted octanol–water partition coefficient (Wildman–Crippen LogP) is 4.05. The average molecular weight is 356 g/mol. The molecule has 6 heteroatoms. The molecule has 0 aliphatic heterocycles. The molecule has 0 radical (unpaired) electrons. The lowest BCUT2D eigenvalue weighted by atomic mass is 10.1. The number of benzene rings is 1. The van der Waals surface area contributed by atoms with E-state index in [1.165, 1.54) is 18.4 Å². The van der Waals surface area contributed by atoms with Crippen LogP contribution in [0.25, 0.3) is 10.2 Å². The molecule has 0 saturated heterocycles. The van der Waals surface area contributed by atoms with Crippen LogP contribution in [0, 0.1) is 20.8 Å². The van der Waals surface area contributed by atoms with Crippen LogP contribution in [-0.4, -0.2) is 23.6 Å².